The Hall–Kier alpha value is -2.42. The van der Waals surface area contributed by atoms with Crippen molar-refractivity contribution in [1.29, 1.82) is 0 Å². The number of likely N-dealkylation sites (tertiary alicyclic amines) is 1. The van der Waals surface area contributed by atoms with Gasteiger partial charge in [-0.25, -0.2) is 13.2 Å². The Balaban J connectivity index is 1.58. The number of amides is 1. The first-order chi connectivity index (χ1) is 11.9. The molecule has 1 aromatic carbocycles. The number of nitrogens with one attached hydrogen (secondary N) is 1. The molecule has 0 bridgehead atoms. The maximum Gasteiger partial charge on any atom is 0.326 e. The molecule has 2 heterocycles. The van der Waals surface area contributed by atoms with Gasteiger partial charge in [0.15, 0.2) is 0 Å². The van der Waals surface area contributed by atoms with E-state index >= 15 is 0 Å². The number of hydrogen-bond donors (Lipinski definition) is 2. The zero-order valence-electron chi connectivity index (χ0n) is 13.5. The minimum absolute atomic E-state index is 0.189. The van der Waals surface area contributed by atoms with E-state index in [1.54, 1.807) is 18.2 Å². The Morgan fingerprint density at radius 3 is 2.84 bits per heavy atom. The lowest BCUT2D eigenvalue weighted by molar-refractivity contribution is -0.148. The van der Waals surface area contributed by atoms with Gasteiger partial charge in [0.1, 0.15) is 11.9 Å². The van der Waals surface area contributed by atoms with E-state index in [0.717, 1.165) is 0 Å². The van der Waals surface area contributed by atoms with Crippen LogP contribution in [0.5, 0.6) is 0 Å². The number of carbonyl (C=O) groups is 2. The second-order valence-corrected chi connectivity index (χ2v) is 7.67. The summed E-state index contributed by atoms with van der Waals surface area (Å²) >= 11 is 0. The fraction of sp³-hybridized carbons (Fsp3) is 0.438. The molecule has 0 unspecified atom stereocenters. The van der Waals surface area contributed by atoms with Gasteiger partial charge in [-0.1, -0.05) is 12.1 Å². The van der Waals surface area contributed by atoms with Crippen molar-refractivity contribution in [2.24, 2.45) is 4.99 Å². The highest BCUT2D eigenvalue weighted by Crippen LogP contribution is 2.22. The number of aliphatic imine (C=N–C) groups is 1. The van der Waals surface area contributed by atoms with E-state index in [0.29, 0.717) is 31.4 Å². The summed E-state index contributed by atoms with van der Waals surface area (Å²) in [5.41, 5.74) is 0.527. The van der Waals surface area contributed by atoms with Crippen molar-refractivity contribution in [1.82, 2.24) is 9.62 Å². The molecule has 0 radical (unpaired) electrons. The molecule has 134 valence electrons. The SMILES string of the molecule is O=C(O)[C@H]1CCCN1C(=O)CCCN=C1NS(=O)(=O)c2ccccc21. The van der Waals surface area contributed by atoms with Gasteiger partial charge in [0.05, 0.1) is 4.90 Å². The highest BCUT2D eigenvalue weighted by atomic mass is 32.2. The van der Waals surface area contributed by atoms with E-state index in [2.05, 4.69) is 9.71 Å². The van der Waals surface area contributed by atoms with Crippen molar-refractivity contribution < 1.29 is 23.1 Å². The van der Waals surface area contributed by atoms with E-state index in [9.17, 15) is 18.0 Å². The minimum Gasteiger partial charge on any atom is -0.480 e. The van der Waals surface area contributed by atoms with Crippen LogP contribution in [0, 0.1) is 0 Å². The number of nitrogens with zero attached hydrogens (tertiary/aromatic N) is 2. The van der Waals surface area contributed by atoms with Gasteiger partial charge in [0.25, 0.3) is 10.0 Å². The van der Waals surface area contributed by atoms with Crippen LogP contribution in [0.25, 0.3) is 0 Å². The molecule has 1 aromatic rings. The predicted molar refractivity (Wildman–Crippen MR) is 89.8 cm³/mol. The largest absolute Gasteiger partial charge is 0.480 e. The molecule has 0 aromatic heterocycles. The molecular formula is C16H19N3O5S. The molecule has 1 fully saturated rings. The standard InChI is InChI=1S/C16H19N3O5S/c20-14(19-10-4-6-12(19)16(21)22)8-3-9-17-15-11-5-1-2-7-13(11)25(23,24)18-15/h1-2,5,7,12H,3-4,6,8-10H2,(H,17,18)(H,21,22)/t12-/m1/s1. The maximum atomic E-state index is 12.2. The third-order valence-corrected chi connectivity index (χ3v) is 5.74. The lowest BCUT2D eigenvalue weighted by atomic mass is 10.2. The fourth-order valence-corrected chi connectivity index (χ4v) is 4.39. The summed E-state index contributed by atoms with van der Waals surface area (Å²) in [4.78, 5) is 29.1. The summed E-state index contributed by atoms with van der Waals surface area (Å²) in [5.74, 6) is -0.881. The summed E-state index contributed by atoms with van der Waals surface area (Å²) in [7, 11) is -3.56. The number of benzene rings is 1. The average Bonchev–Trinajstić information content (AvgIpc) is 3.15. The van der Waals surface area contributed by atoms with Gasteiger partial charge in [-0.3, -0.25) is 14.5 Å². The molecule has 3 rings (SSSR count). The van der Waals surface area contributed by atoms with Crippen LogP contribution in [0.15, 0.2) is 34.2 Å². The molecule has 0 aliphatic carbocycles. The van der Waals surface area contributed by atoms with E-state index in [1.807, 2.05) is 0 Å². The third-order valence-electron chi connectivity index (χ3n) is 4.34. The number of carboxylic acid groups (broad SMARTS) is 1. The van der Waals surface area contributed by atoms with Crippen LogP contribution in [0.3, 0.4) is 0 Å². The van der Waals surface area contributed by atoms with Crippen molar-refractivity contribution in [2.75, 3.05) is 13.1 Å². The van der Waals surface area contributed by atoms with Crippen LogP contribution in [0.1, 0.15) is 31.2 Å². The van der Waals surface area contributed by atoms with Crippen LogP contribution in [-0.4, -0.2) is 55.3 Å². The number of fused-ring (bicyclic) bond motifs is 1. The van der Waals surface area contributed by atoms with Crippen LogP contribution in [0.4, 0.5) is 0 Å². The van der Waals surface area contributed by atoms with E-state index in [4.69, 9.17) is 5.11 Å². The summed E-state index contributed by atoms with van der Waals surface area (Å²) in [6.45, 7) is 0.751. The molecule has 1 amide bonds. The number of carbonyl (C=O) groups excluding carboxylic acids is 1. The Labute approximate surface area is 145 Å². The molecule has 2 aliphatic rings. The van der Waals surface area contributed by atoms with Gasteiger partial charge >= 0.3 is 5.97 Å². The second kappa shape index (κ2) is 6.83. The monoisotopic (exact) mass is 365 g/mol. The van der Waals surface area contributed by atoms with Crippen LogP contribution < -0.4 is 4.72 Å². The van der Waals surface area contributed by atoms with Gasteiger partial charge in [0, 0.05) is 25.1 Å². The molecule has 1 atom stereocenters. The van der Waals surface area contributed by atoms with Gasteiger partial charge in [-0.2, -0.15) is 0 Å². The van der Waals surface area contributed by atoms with Crippen molar-refractivity contribution in [3.63, 3.8) is 0 Å². The van der Waals surface area contributed by atoms with Crippen molar-refractivity contribution in [2.45, 2.75) is 36.6 Å². The average molecular weight is 365 g/mol. The van der Waals surface area contributed by atoms with E-state index in [-0.39, 0.29) is 29.6 Å². The summed E-state index contributed by atoms with van der Waals surface area (Å²) in [5, 5.41) is 9.11. The molecule has 2 aliphatic heterocycles. The lowest BCUT2D eigenvalue weighted by Crippen LogP contribution is -2.40. The topological polar surface area (TPSA) is 116 Å². The number of aliphatic carboxylic acids is 1. The Morgan fingerprint density at radius 2 is 2.08 bits per heavy atom. The molecule has 9 heteroatoms. The number of hydrogen-bond acceptors (Lipinski definition) is 5. The van der Waals surface area contributed by atoms with Crippen molar-refractivity contribution >= 4 is 27.7 Å². The second-order valence-electron chi connectivity index (χ2n) is 6.02. The molecular weight excluding hydrogens is 346 g/mol. The predicted octanol–water partition coefficient (Wildman–Crippen LogP) is 0.581. The number of sulfonamides is 1. The maximum absolute atomic E-state index is 12.2. The Morgan fingerprint density at radius 1 is 1.32 bits per heavy atom. The van der Waals surface area contributed by atoms with Gasteiger partial charge < -0.3 is 10.0 Å². The molecule has 0 saturated carbocycles. The number of carboxylic acids is 1. The highest BCUT2D eigenvalue weighted by molar-refractivity contribution is 7.90. The first-order valence-electron chi connectivity index (χ1n) is 8.09. The molecule has 25 heavy (non-hydrogen) atoms. The summed E-state index contributed by atoms with van der Waals surface area (Å²) in [6.07, 6.45) is 1.80. The van der Waals surface area contributed by atoms with Gasteiger partial charge in [-0.05, 0) is 31.4 Å². The first-order valence-corrected chi connectivity index (χ1v) is 9.57. The van der Waals surface area contributed by atoms with E-state index < -0.39 is 22.0 Å². The quantitative estimate of drug-likeness (QED) is 0.741. The van der Waals surface area contributed by atoms with Gasteiger partial charge in [0.2, 0.25) is 5.91 Å². The van der Waals surface area contributed by atoms with Crippen molar-refractivity contribution in [3.8, 4) is 0 Å². The van der Waals surface area contributed by atoms with E-state index in [1.165, 1.54) is 11.0 Å². The summed E-state index contributed by atoms with van der Waals surface area (Å²) in [6, 6.07) is 5.85. The molecule has 1 saturated heterocycles. The first kappa shape index (κ1) is 17.4. The number of rotatable bonds is 5. The lowest BCUT2D eigenvalue weighted by Gasteiger charge is -2.21. The Bertz CT molecular complexity index is 834. The number of amidine groups is 1. The molecule has 0 spiro atoms. The molecule has 2 N–H and O–H groups in total. The Kier molecular flexibility index (Phi) is 4.76. The third kappa shape index (κ3) is 3.51. The van der Waals surface area contributed by atoms with Crippen LogP contribution in [0.2, 0.25) is 0 Å². The normalized spacial score (nSPS) is 22.6. The minimum atomic E-state index is -3.56. The molecule has 8 nitrogen and oxygen atoms in total. The summed E-state index contributed by atoms with van der Waals surface area (Å²) < 4.78 is 26.3. The zero-order chi connectivity index (χ0) is 18.0. The smallest absolute Gasteiger partial charge is 0.326 e. The van der Waals surface area contributed by atoms with Gasteiger partial charge in [-0.15, -0.1) is 0 Å². The van der Waals surface area contributed by atoms with Crippen molar-refractivity contribution in [3.05, 3.63) is 29.8 Å². The highest BCUT2D eigenvalue weighted by Gasteiger charge is 2.33. The van der Waals surface area contributed by atoms with Crippen LogP contribution in [-0.2, 0) is 19.6 Å². The zero-order valence-corrected chi connectivity index (χ0v) is 14.3. The van der Waals surface area contributed by atoms with Crippen LogP contribution >= 0.6 is 0 Å². The fourth-order valence-electron chi connectivity index (χ4n) is 3.14.